The minimum Gasteiger partial charge on any atom is -0.481 e. The van der Waals surface area contributed by atoms with E-state index in [-0.39, 0.29) is 12.5 Å². The molecule has 1 saturated carbocycles. The minimum atomic E-state index is -0.889. The summed E-state index contributed by atoms with van der Waals surface area (Å²) in [6, 6.07) is 0. The summed E-state index contributed by atoms with van der Waals surface area (Å²) in [5.74, 6) is -0.889. The van der Waals surface area contributed by atoms with Gasteiger partial charge in [0.05, 0.1) is 25.6 Å². The highest BCUT2D eigenvalue weighted by atomic mass is 16.6. The Kier molecular flexibility index (Phi) is 5.00. The van der Waals surface area contributed by atoms with Crippen molar-refractivity contribution >= 4 is 12.1 Å². The van der Waals surface area contributed by atoms with Gasteiger partial charge in [0.2, 0.25) is 0 Å². The van der Waals surface area contributed by atoms with Gasteiger partial charge in [-0.15, -0.1) is 0 Å². The third kappa shape index (κ3) is 4.60. The van der Waals surface area contributed by atoms with Gasteiger partial charge in [-0.25, -0.2) is 4.79 Å². The molecule has 6 nitrogen and oxygen atoms in total. The van der Waals surface area contributed by atoms with E-state index in [1.165, 1.54) is 11.3 Å². The zero-order chi connectivity index (χ0) is 16.4. The van der Waals surface area contributed by atoms with Crippen LogP contribution in [0.25, 0.3) is 0 Å². The van der Waals surface area contributed by atoms with Gasteiger partial charge in [-0.3, -0.25) is 4.79 Å². The number of aliphatic carboxylic acids is 1. The van der Waals surface area contributed by atoms with Crippen LogP contribution in [0.5, 0.6) is 0 Å². The van der Waals surface area contributed by atoms with Crippen molar-refractivity contribution in [2.24, 2.45) is 0 Å². The summed E-state index contributed by atoms with van der Waals surface area (Å²) in [5, 5.41) is 9.14. The second-order valence-electron chi connectivity index (χ2n) is 7.47. The Hall–Kier alpha value is -1.30. The molecule has 0 atom stereocenters. The van der Waals surface area contributed by atoms with Crippen LogP contribution in [0.2, 0.25) is 0 Å². The molecule has 1 aliphatic carbocycles. The van der Waals surface area contributed by atoms with Crippen LogP contribution in [0.1, 0.15) is 59.3 Å². The zero-order valence-corrected chi connectivity index (χ0v) is 13.8. The molecule has 1 saturated heterocycles. The maximum Gasteiger partial charge on any atom is 0.410 e. The van der Waals surface area contributed by atoms with Gasteiger partial charge in [-0.1, -0.05) is 19.3 Å². The normalized spacial score (nSPS) is 22.0. The predicted molar refractivity (Wildman–Crippen MR) is 80.7 cm³/mol. The quantitative estimate of drug-likeness (QED) is 0.863. The van der Waals surface area contributed by atoms with E-state index in [9.17, 15) is 9.59 Å². The Labute approximate surface area is 131 Å². The highest BCUT2D eigenvalue weighted by Gasteiger charge is 2.50. The average Bonchev–Trinajstić information content (AvgIpc) is 2.33. The van der Waals surface area contributed by atoms with Gasteiger partial charge in [0.15, 0.2) is 0 Å². The number of likely N-dealkylation sites (tertiary alicyclic amines) is 1. The molecule has 22 heavy (non-hydrogen) atoms. The maximum absolute atomic E-state index is 12.0. The van der Waals surface area contributed by atoms with E-state index in [2.05, 4.69) is 0 Å². The summed E-state index contributed by atoms with van der Waals surface area (Å²) in [4.78, 5) is 24.7. The largest absolute Gasteiger partial charge is 0.481 e. The summed E-state index contributed by atoms with van der Waals surface area (Å²) in [7, 11) is 0. The Balaban J connectivity index is 1.92. The molecular formula is C16H27NO5. The first-order chi connectivity index (χ1) is 10.2. The van der Waals surface area contributed by atoms with Crippen LogP contribution in [0.15, 0.2) is 0 Å². The van der Waals surface area contributed by atoms with Crippen LogP contribution in [0.4, 0.5) is 4.79 Å². The van der Waals surface area contributed by atoms with Crippen molar-refractivity contribution in [3.05, 3.63) is 0 Å². The number of ether oxygens (including phenoxy) is 2. The Morgan fingerprint density at radius 1 is 1.18 bits per heavy atom. The van der Waals surface area contributed by atoms with Crippen LogP contribution in [-0.2, 0) is 14.3 Å². The lowest BCUT2D eigenvalue weighted by atomic mass is 9.88. The maximum atomic E-state index is 12.0. The number of carboxylic acid groups (broad SMARTS) is 1. The second-order valence-corrected chi connectivity index (χ2v) is 7.47. The molecule has 1 heterocycles. The molecule has 6 heteroatoms. The summed E-state index contributed by atoms with van der Waals surface area (Å²) in [5.41, 5.74) is -1.29. The van der Waals surface area contributed by atoms with E-state index < -0.39 is 23.3 Å². The van der Waals surface area contributed by atoms with E-state index in [0.717, 1.165) is 25.7 Å². The van der Waals surface area contributed by atoms with Crippen molar-refractivity contribution in [2.75, 3.05) is 13.1 Å². The van der Waals surface area contributed by atoms with E-state index in [0.29, 0.717) is 13.1 Å². The molecule has 1 amide bonds. The van der Waals surface area contributed by atoms with Crippen molar-refractivity contribution in [1.29, 1.82) is 0 Å². The van der Waals surface area contributed by atoms with Crippen LogP contribution >= 0.6 is 0 Å². The smallest absolute Gasteiger partial charge is 0.410 e. The van der Waals surface area contributed by atoms with Gasteiger partial charge in [-0.05, 0) is 33.6 Å². The molecule has 0 radical (unpaired) electrons. The molecule has 0 aromatic rings. The lowest BCUT2D eigenvalue weighted by Gasteiger charge is -2.50. The van der Waals surface area contributed by atoms with Gasteiger partial charge in [0.1, 0.15) is 11.2 Å². The minimum absolute atomic E-state index is 0.0667. The van der Waals surface area contributed by atoms with E-state index >= 15 is 0 Å². The molecule has 2 fully saturated rings. The predicted octanol–water partition coefficient (Wildman–Crippen LogP) is 2.80. The third-order valence-electron chi connectivity index (χ3n) is 4.05. The molecule has 1 N–H and O–H groups in total. The molecule has 0 bridgehead atoms. The molecule has 1 aliphatic heterocycles. The van der Waals surface area contributed by atoms with Crippen molar-refractivity contribution in [1.82, 2.24) is 4.90 Å². The number of hydrogen-bond acceptors (Lipinski definition) is 4. The van der Waals surface area contributed by atoms with Crippen LogP contribution < -0.4 is 0 Å². The second kappa shape index (κ2) is 6.44. The fourth-order valence-corrected chi connectivity index (χ4v) is 3.15. The average molecular weight is 313 g/mol. The van der Waals surface area contributed by atoms with Gasteiger partial charge in [0.25, 0.3) is 0 Å². The fourth-order valence-electron chi connectivity index (χ4n) is 3.15. The van der Waals surface area contributed by atoms with Gasteiger partial charge < -0.3 is 19.5 Å². The van der Waals surface area contributed by atoms with Crippen LogP contribution in [0.3, 0.4) is 0 Å². The van der Waals surface area contributed by atoms with Crippen LogP contribution in [-0.4, -0.2) is 52.5 Å². The molecule has 2 aliphatic rings. The molecule has 0 unspecified atom stereocenters. The van der Waals surface area contributed by atoms with Crippen molar-refractivity contribution < 1.29 is 24.2 Å². The zero-order valence-electron chi connectivity index (χ0n) is 13.8. The highest BCUT2D eigenvalue weighted by molar-refractivity contribution is 5.72. The first kappa shape index (κ1) is 17.1. The Bertz CT molecular complexity index is 417. The number of nitrogens with zero attached hydrogens (tertiary/aromatic N) is 1. The van der Waals surface area contributed by atoms with Crippen molar-refractivity contribution in [3.63, 3.8) is 0 Å². The van der Waals surface area contributed by atoms with Gasteiger partial charge >= 0.3 is 12.1 Å². The third-order valence-corrected chi connectivity index (χ3v) is 4.05. The standard InChI is InChI=1S/C16H27NO5/c1-15(2,3)22-14(20)17-10-16(11-17,9-13(18)19)21-12-7-5-4-6-8-12/h12H,4-11H2,1-3H3,(H,18,19). The first-order valence-corrected chi connectivity index (χ1v) is 8.07. The SMILES string of the molecule is CC(C)(C)OC(=O)N1CC(CC(=O)O)(OC2CCCCC2)C1. The number of carbonyl (C=O) groups is 2. The Morgan fingerprint density at radius 2 is 1.77 bits per heavy atom. The number of carboxylic acids is 1. The van der Waals surface area contributed by atoms with E-state index in [1.807, 2.05) is 20.8 Å². The first-order valence-electron chi connectivity index (χ1n) is 8.07. The van der Waals surface area contributed by atoms with Gasteiger partial charge in [0, 0.05) is 0 Å². The number of amides is 1. The monoisotopic (exact) mass is 313 g/mol. The molecule has 0 aromatic carbocycles. The van der Waals surface area contributed by atoms with Crippen LogP contribution in [0, 0.1) is 0 Å². The molecule has 0 spiro atoms. The summed E-state index contributed by atoms with van der Waals surface area (Å²) < 4.78 is 11.4. The van der Waals surface area contributed by atoms with E-state index in [4.69, 9.17) is 14.6 Å². The van der Waals surface area contributed by atoms with Crippen molar-refractivity contribution in [3.8, 4) is 0 Å². The number of carbonyl (C=O) groups excluding carboxylic acids is 1. The summed E-state index contributed by atoms with van der Waals surface area (Å²) in [6.45, 7) is 6.03. The summed E-state index contributed by atoms with van der Waals surface area (Å²) >= 11 is 0. The molecular weight excluding hydrogens is 286 g/mol. The molecule has 0 aromatic heterocycles. The number of hydrogen-bond donors (Lipinski definition) is 1. The summed E-state index contributed by atoms with van der Waals surface area (Å²) in [6.07, 6.45) is 5.09. The fraction of sp³-hybridized carbons (Fsp3) is 0.875. The topological polar surface area (TPSA) is 76.1 Å². The van der Waals surface area contributed by atoms with Crippen molar-refractivity contribution in [2.45, 2.75) is 76.6 Å². The highest BCUT2D eigenvalue weighted by Crippen LogP contribution is 2.34. The van der Waals surface area contributed by atoms with E-state index in [1.54, 1.807) is 0 Å². The number of rotatable bonds is 4. The Morgan fingerprint density at radius 3 is 2.27 bits per heavy atom. The molecule has 2 rings (SSSR count). The van der Waals surface area contributed by atoms with Gasteiger partial charge in [-0.2, -0.15) is 0 Å². The molecule has 126 valence electrons. The lowest BCUT2D eigenvalue weighted by Crippen LogP contribution is -2.66. The lowest BCUT2D eigenvalue weighted by molar-refractivity contribution is -0.187.